The third kappa shape index (κ3) is 1.40. The Hall–Kier alpha value is -1.46. The Morgan fingerprint density at radius 1 is 1.50 bits per heavy atom. The predicted octanol–water partition coefficient (Wildman–Crippen LogP) is 0.758. The lowest BCUT2D eigenvalue weighted by molar-refractivity contribution is 0.188. The number of hydrogen-bond acceptors (Lipinski definition) is 4. The van der Waals surface area contributed by atoms with Crippen LogP contribution in [0.25, 0.3) is 11.0 Å². The molecule has 84 valence electrons. The summed E-state index contributed by atoms with van der Waals surface area (Å²) < 4.78 is 1.95. The van der Waals surface area contributed by atoms with Gasteiger partial charge in [0, 0.05) is 12.1 Å². The molecule has 0 radical (unpaired) electrons. The van der Waals surface area contributed by atoms with Crippen LogP contribution >= 0.6 is 0 Å². The van der Waals surface area contributed by atoms with Crippen molar-refractivity contribution in [3.8, 4) is 0 Å². The van der Waals surface area contributed by atoms with Gasteiger partial charge in [-0.05, 0) is 18.9 Å². The monoisotopic (exact) mass is 218 g/mol. The van der Waals surface area contributed by atoms with Crippen molar-refractivity contribution in [2.24, 2.45) is 5.73 Å². The van der Waals surface area contributed by atoms with Gasteiger partial charge in [0.1, 0.15) is 5.52 Å². The van der Waals surface area contributed by atoms with E-state index < -0.39 is 6.10 Å². The topological polar surface area (TPSA) is 77.0 Å². The highest BCUT2D eigenvalue weighted by molar-refractivity contribution is 5.78. The quantitative estimate of drug-likeness (QED) is 0.797. The van der Waals surface area contributed by atoms with Gasteiger partial charge in [-0.15, -0.1) is 5.10 Å². The average molecular weight is 218 g/mol. The Morgan fingerprint density at radius 2 is 2.31 bits per heavy atom. The average Bonchev–Trinajstić information content (AvgIpc) is 3.07. The SMILES string of the molecule is NCC(O)c1cccc2c1nnn2C1CC1. The van der Waals surface area contributed by atoms with Gasteiger partial charge >= 0.3 is 0 Å². The smallest absolute Gasteiger partial charge is 0.119 e. The van der Waals surface area contributed by atoms with E-state index in [0.717, 1.165) is 16.6 Å². The number of fused-ring (bicyclic) bond motifs is 1. The highest BCUT2D eigenvalue weighted by atomic mass is 16.3. The van der Waals surface area contributed by atoms with Gasteiger partial charge in [-0.1, -0.05) is 17.3 Å². The molecule has 1 aromatic carbocycles. The Bertz CT molecular complexity index is 518. The van der Waals surface area contributed by atoms with Gasteiger partial charge in [-0.3, -0.25) is 0 Å². The summed E-state index contributed by atoms with van der Waals surface area (Å²) in [5, 5.41) is 18.1. The van der Waals surface area contributed by atoms with Crippen molar-refractivity contribution in [1.82, 2.24) is 15.0 Å². The van der Waals surface area contributed by atoms with Crippen molar-refractivity contribution in [3.63, 3.8) is 0 Å². The number of aromatic nitrogens is 3. The lowest BCUT2D eigenvalue weighted by atomic mass is 10.1. The second-order valence-electron chi connectivity index (χ2n) is 4.23. The van der Waals surface area contributed by atoms with Crippen LogP contribution in [0.3, 0.4) is 0 Å². The van der Waals surface area contributed by atoms with E-state index in [9.17, 15) is 5.11 Å². The molecule has 3 N–H and O–H groups in total. The van der Waals surface area contributed by atoms with E-state index >= 15 is 0 Å². The first-order valence-electron chi connectivity index (χ1n) is 5.53. The molecule has 1 aromatic heterocycles. The number of nitrogens with two attached hydrogens (primary N) is 1. The number of hydrogen-bond donors (Lipinski definition) is 2. The zero-order valence-corrected chi connectivity index (χ0v) is 8.87. The summed E-state index contributed by atoms with van der Waals surface area (Å²) in [6, 6.07) is 6.25. The molecule has 2 aromatic rings. The minimum atomic E-state index is -0.659. The van der Waals surface area contributed by atoms with Gasteiger partial charge < -0.3 is 10.8 Å². The largest absolute Gasteiger partial charge is 0.387 e. The fraction of sp³-hybridized carbons (Fsp3) is 0.455. The molecule has 0 bridgehead atoms. The van der Waals surface area contributed by atoms with Crippen LogP contribution in [0.5, 0.6) is 0 Å². The first-order valence-corrected chi connectivity index (χ1v) is 5.53. The fourth-order valence-corrected chi connectivity index (χ4v) is 1.97. The van der Waals surface area contributed by atoms with Crippen molar-refractivity contribution in [1.29, 1.82) is 0 Å². The minimum Gasteiger partial charge on any atom is -0.387 e. The summed E-state index contributed by atoms with van der Waals surface area (Å²) in [5.74, 6) is 0. The number of nitrogens with zero attached hydrogens (tertiary/aromatic N) is 3. The van der Waals surface area contributed by atoms with Crippen molar-refractivity contribution in [3.05, 3.63) is 23.8 Å². The molecule has 0 aliphatic heterocycles. The van der Waals surface area contributed by atoms with E-state index in [1.54, 1.807) is 0 Å². The molecule has 5 heteroatoms. The van der Waals surface area contributed by atoms with Crippen LogP contribution in [0.1, 0.15) is 30.6 Å². The number of aliphatic hydroxyl groups excluding tert-OH is 1. The second kappa shape index (κ2) is 3.54. The summed E-state index contributed by atoms with van der Waals surface area (Å²) in [6.07, 6.45) is 1.68. The lowest BCUT2D eigenvalue weighted by Crippen LogP contribution is -2.11. The van der Waals surface area contributed by atoms with Crippen LogP contribution in [0.4, 0.5) is 0 Å². The molecule has 1 unspecified atom stereocenters. The van der Waals surface area contributed by atoms with E-state index in [0.29, 0.717) is 6.04 Å². The maximum Gasteiger partial charge on any atom is 0.119 e. The van der Waals surface area contributed by atoms with Crippen LogP contribution in [-0.4, -0.2) is 26.6 Å². The van der Waals surface area contributed by atoms with Gasteiger partial charge in [0.25, 0.3) is 0 Å². The van der Waals surface area contributed by atoms with Crippen LogP contribution in [0.2, 0.25) is 0 Å². The molecular weight excluding hydrogens is 204 g/mol. The molecule has 1 atom stereocenters. The third-order valence-corrected chi connectivity index (χ3v) is 3.01. The van der Waals surface area contributed by atoms with Crippen LogP contribution < -0.4 is 5.73 Å². The molecule has 1 aliphatic carbocycles. The van der Waals surface area contributed by atoms with Crippen LogP contribution in [-0.2, 0) is 0 Å². The Labute approximate surface area is 92.9 Å². The summed E-state index contributed by atoms with van der Waals surface area (Å²) in [6.45, 7) is 0.204. The molecule has 1 saturated carbocycles. The summed E-state index contributed by atoms with van der Waals surface area (Å²) in [5.41, 5.74) is 8.00. The number of aliphatic hydroxyl groups is 1. The van der Waals surface area contributed by atoms with Crippen molar-refractivity contribution in [2.75, 3.05) is 6.54 Å². The van der Waals surface area contributed by atoms with Gasteiger partial charge in [0.05, 0.1) is 17.7 Å². The molecule has 16 heavy (non-hydrogen) atoms. The Balaban J connectivity index is 2.16. The van der Waals surface area contributed by atoms with Crippen LogP contribution in [0, 0.1) is 0 Å². The van der Waals surface area contributed by atoms with Crippen LogP contribution in [0.15, 0.2) is 18.2 Å². The Morgan fingerprint density at radius 3 is 3.00 bits per heavy atom. The molecule has 1 aliphatic rings. The lowest BCUT2D eigenvalue weighted by Gasteiger charge is -2.08. The normalized spacial score (nSPS) is 17.9. The fourth-order valence-electron chi connectivity index (χ4n) is 1.97. The van der Waals surface area contributed by atoms with E-state index in [2.05, 4.69) is 10.3 Å². The van der Waals surface area contributed by atoms with Crippen molar-refractivity contribution >= 4 is 11.0 Å². The van der Waals surface area contributed by atoms with E-state index in [1.807, 2.05) is 22.9 Å². The number of benzene rings is 1. The zero-order valence-electron chi connectivity index (χ0n) is 8.87. The molecule has 5 nitrogen and oxygen atoms in total. The predicted molar refractivity (Wildman–Crippen MR) is 59.8 cm³/mol. The first-order chi connectivity index (χ1) is 7.81. The van der Waals surface area contributed by atoms with Gasteiger partial charge in [-0.2, -0.15) is 0 Å². The summed E-state index contributed by atoms with van der Waals surface area (Å²) >= 11 is 0. The molecule has 0 spiro atoms. The van der Waals surface area contributed by atoms with E-state index in [1.165, 1.54) is 12.8 Å². The minimum absolute atomic E-state index is 0.204. The van der Waals surface area contributed by atoms with Gasteiger partial charge in [0.2, 0.25) is 0 Å². The maximum absolute atomic E-state index is 9.79. The second-order valence-corrected chi connectivity index (χ2v) is 4.23. The Kier molecular flexibility index (Phi) is 2.15. The van der Waals surface area contributed by atoms with Gasteiger partial charge in [0.15, 0.2) is 0 Å². The van der Waals surface area contributed by atoms with Crippen molar-refractivity contribution in [2.45, 2.75) is 25.0 Å². The molecule has 1 heterocycles. The molecular formula is C11H14N4O. The maximum atomic E-state index is 9.79. The molecule has 0 amide bonds. The zero-order chi connectivity index (χ0) is 11.1. The molecule has 1 fully saturated rings. The number of rotatable bonds is 3. The van der Waals surface area contributed by atoms with E-state index in [-0.39, 0.29) is 6.54 Å². The third-order valence-electron chi connectivity index (χ3n) is 3.01. The highest BCUT2D eigenvalue weighted by Crippen LogP contribution is 2.36. The van der Waals surface area contributed by atoms with Crippen molar-refractivity contribution < 1.29 is 5.11 Å². The summed E-state index contributed by atoms with van der Waals surface area (Å²) in [7, 11) is 0. The first kappa shape index (κ1) is 9.74. The standard InChI is InChI=1S/C11H14N4O/c12-6-10(16)8-2-1-3-9-11(8)13-14-15(9)7-4-5-7/h1-3,7,10,16H,4-6,12H2. The summed E-state index contributed by atoms with van der Waals surface area (Å²) in [4.78, 5) is 0. The highest BCUT2D eigenvalue weighted by Gasteiger charge is 2.27. The molecule has 0 saturated heterocycles. The molecule has 3 rings (SSSR count). The van der Waals surface area contributed by atoms with Gasteiger partial charge in [-0.25, -0.2) is 4.68 Å². The van der Waals surface area contributed by atoms with E-state index in [4.69, 9.17) is 5.73 Å².